The molecule has 0 aromatic heterocycles. The summed E-state index contributed by atoms with van der Waals surface area (Å²) in [7, 11) is 0. The van der Waals surface area contributed by atoms with E-state index in [0.29, 0.717) is 24.7 Å². The Kier molecular flexibility index (Phi) is 49.4. The van der Waals surface area contributed by atoms with Crippen molar-refractivity contribution in [2.75, 3.05) is 0 Å². The molecule has 0 atom stereocenters. The minimum absolute atomic E-state index is 0.0918. The first-order valence-electron chi connectivity index (χ1n) is 0.408. The molecular weight excluding hydrogens is 355 g/mol. The van der Waals surface area contributed by atoms with Crippen molar-refractivity contribution in [2.24, 2.45) is 0 Å². The van der Waals surface area contributed by atoms with Crippen molar-refractivity contribution in [1.82, 2.24) is 0 Å². The van der Waals surface area contributed by atoms with Crippen molar-refractivity contribution >= 4 is 0 Å². The quantitative estimate of drug-likeness (QED) is 0.601. The molecule has 0 aliphatic rings. The van der Waals surface area contributed by atoms with E-state index in [0.717, 1.165) is 0 Å². The van der Waals surface area contributed by atoms with Crippen LogP contribution < -0.4 is 0 Å². The molecule has 0 rings (SSSR count). The molecule has 0 saturated carbocycles. The predicted octanol–water partition coefficient (Wildman–Crippen LogP) is -0.240. The van der Waals surface area contributed by atoms with Crippen LogP contribution in [0.2, 0.25) is 0 Å². The molecule has 0 heterocycles. The van der Waals surface area contributed by atoms with Gasteiger partial charge >= 0.3 is 66.7 Å². The second-order valence-corrected chi connectivity index (χ2v) is 0. The van der Waals surface area contributed by atoms with Crippen molar-refractivity contribution in [3.05, 3.63) is 0 Å². The number of hydrogen-bond acceptors (Lipinski definition) is 2. The average molecular weight is 355 g/mol. The van der Waals surface area contributed by atoms with Crippen molar-refractivity contribution < 1.29 is 66.7 Å². The summed E-state index contributed by atoms with van der Waals surface area (Å²) in [5, 5.41) is 0. The molecule has 0 amide bonds. The average Bonchev–Trinajstić information content (AvgIpc) is 1.50. The van der Waals surface area contributed by atoms with Crippen LogP contribution in [0, 0.1) is 38.0 Å². The molecule has 0 saturated heterocycles. The van der Waals surface area contributed by atoms with Crippen molar-refractivity contribution in [1.29, 1.82) is 0 Å². The van der Waals surface area contributed by atoms with Crippen LogP contribution in [0.5, 0.6) is 0 Å². The summed E-state index contributed by atoms with van der Waals surface area (Å²) in [6.07, 6.45) is 0. The first-order valence-corrected chi connectivity index (χ1v) is 3.09. The van der Waals surface area contributed by atoms with Crippen LogP contribution in [0.15, 0.2) is 0 Å². The molecular formula is O2ThZr. The van der Waals surface area contributed by atoms with E-state index in [2.05, 4.69) is 0 Å². The Labute approximate surface area is 65.4 Å². The Bertz CT molecular complexity index is 8.00. The molecule has 0 aliphatic carbocycles. The van der Waals surface area contributed by atoms with Gasteiger partial charge in [-0.3, -0.25) is 0 Å². The molecule has 0 bridgehead atoms. The van der Waals surface area contributed by atoms with Gasteiger partial charge in [-0.1, -0.05) is 0 Å². The molecule has 4 heavy (non-hydrogen) atoms. The fourth-order valence-corrected chi connectivity index (χ4v) is 0. The van der Waals surface area contributed by atoms with Gasteiger partial charge in [0.05, 0.1) is 0 Å². The Balaban J connectivity index is 0. The topological polar surface area (TPSA) is 34.1 Å². The zero-order chi connectivity index (χ0) is 4.00. The van der Waals surface area contributed by atoms with Crippen LogP contribution in [0.4, 0.5) is 0 Å². The van der Waals surface area contributed by atoms with Gasteiger partial charge in [0.15, 0.2) is 0 Å². The molecule has 0 spiro atoms. The van der Waals surface area contributed by atoms with E-state index in [1.165, 1.54) is 0 Å². The van der Waals surface area contributed by atoms with Gasteiger partial charge in [-0.25, -0.2) is 0 Å². The third-order valence-electron chi connectivity index (χ3n) is 0. The van der Waals surface area contributed by atoms with Crippen LogP contribution >= 0.6 is 0 Å². The van der Waals surface area contributed by atoms with E-state index in [4.69, 9.17) is 3.98 Å². The molecule has 4 heteroatoms. The van der Waals surface area contributed by atoms with Gasteiger partial charge in [0, 0.05) is 0 Å². The number of rotatable bonds is 0. The van der Waals surface area contributed by atoms with Crippen LogP contribution in [-0.4, -0.2) is 0 Å². The first kappa shape index (κ1) is 9.26. The van der Waals surface area contributed by atoms with E-state index in [1.807, 2.05) is 0 Å². The molecule has 2 nitrogen and oxygen atoms in total. The van der Waals surface area contributed by atoms with Gasteiger partial charge in [0.1, 0.15) is 0 Å². The third-order valence-corrected chi connectivity index (χ3v) is 0. The van der Waals surface area contributed by atoms with Crippen LogP contribution in [0.25, 0.3) is 0 Å². The SMILES string of the molecule is [O]=[Th].[O]=[Zr]. The molecule has 0 fully saturated rings. The van der Waals surface area contributed by atoms with Gasteiger partial charge < -0.3 is 0 Å². The summed E-state index contributed by atoms with van der Waals surface area (Å²) >= 11 is 0.208. The van der Waals surface area contributed by atoms with E-state index in [9.17, 15) is 0 Å². The third kappa shape index (κ3) is 9.19. The Hall–Kier alpha value is 1.81. The zero-order valence-corrected chi connectivity index (χ0v) is 8.38. The van der Waals surface area contributed by atoms with E-state index >= 15 is 0 Å². The number of hydrogen-bond donors (Lipinski definition) is 0. The molecule has 0 unspecified atom stereocenters. The first-order chi connectivity index (χ1) is 2.00. The van der Waals surface area contributed by atoms with Crippen molar-refractivity contribution in [2.45, 2.75) is 0 Å². The fraction of sp³-hybridized carbons (Fsp3) is 0. The maximum absolute atomic E-state index is 8.42. The monoisotopic (exact) mass is 354 g/mol. The standard InChI is InChI=1S/2O.Th.Zr. The summed E-state index contributed by atoms with van der Waals surface area (Å²) < 4.78 is 16.8. The molecule has 0 radical (unpaired) electrons. The second kappa shape index (κ2) is 21.3. The van der Waals surface area contributed by atoms with Crippen LogP contribution in [0.1, 0.15) is 0 Å². The van der Waals surface area contributed by atoms with Crippen molar-refractivity contribution in [3.8, 4) is 0 Å². The van der Waals surface area contributed by atoms with Gasteiger partial charge in [0.25, 0.3) is 0 Å². The molecule has 0 N–H and O–H groups in total. The van der Waals surface area contributed by atoms with Crippen LogP contribution in [-0.2, 0) is 28.7 Å². The normalized spacial score (nSPS) is 2.25. The van der Waals surface area contributed by atoms with Gasteiger partial charge in [-0.2, -0.15) is 0 Å². The summed E-state index contributed by atoms with van der Waals surface area (Å²) in [4.78, 5) is 0. The minimum atomic E-state index is -0.0918. The van der Waals surface area contributed by atoms with E-state index in [-0.39, 0.29) is 38.0 Å². The van der Waals surface area contributed by atoms with Gasteiger partial charge in [0.2, 0.25) is 0 Å². The molecule has 20 valence electrons. The maximum atomic E-state index is 8.42. The van der Waals surface area contributed by atoms with Gasteiger partial charge in [-0.15, -0.1) is 0 Å². The second-order valence-electron chi connectivity index (χ2n) is 0. The summed E-state index contributed by atoms with van der Waals surface area (Å²) in [5.41, 5.74) is 0. The Morgan fingerprint density at radius 2 is 1.25 bits per heavy atom. The molecule has 0 aliphatic heterocycles. The Morgan fingerprint density at radius 1 is 1.25 bits per heavy atom. The van der Waals surface area contributed by atoms with E-state index < -0.39 is 0 Å². The predicted molar refractivity (Wildman–Crippen MR) is 1.37 cm³/mol. The summed E-state index contributed by atoms with van der Waals surface area (Å²) in [6.45, 7) is 0. The molecule has 0 aromatic rings. The zero-order valence-electron chi connectivity index (χ0n) is 1.82. The Morgan fingerprint density at radius 3 is 1.25 bits per heavy atom. The van der Waals surface area contributed by atoms with Crippen LogP contribution in [0.3, 0.4) is 0 Å². The fourth-order valence-electron chi connectivity index (χ4n) is 0. The summed E-state index contributed by atoms with van der Waals surface area (Å²) in [6, 6.07) is 0. The van der Waals surface area contributed by atoms with Crippen molar-refractivity contribution in [3.63, 3.8) is 0 Å². The van der Waals surface area contributed by atoms with Gasteiger partial charge in [-0.05, 0) is 0 Å². The van der Waals surface area contributed by atoms with E-state index in [1.54, 1.807) is 0 Å². The molecule has 0 aromatic carbocycles. The summed E-state index contributed by atoms with van der Waals surface area (Å²) in [5.74, 6) is 0.